The van der Waals surface area contributed by atoms with Crippen LogP contribution in [0.2, 0.25) is 0 Å². The van der Waals surface area contributed by atoms with Crippen LogP contribution < -0.4 is 0 Å². The Morgan fingerprint density at radius 3 is 2.40 bits per heavy atom. The van der Waals surface area contributed by atoms with Crippen LogP contribution in [0.25, 0.3) is 0 Å². The maximum Gasteiger partial charge on any atom is 0.311 e. The van der Waals surface area contributed by atoms with Crippen LogP contribution in [0.3, 0.4) is 0 Å². The van der Waals surface area contributed by atoms with Gasteiger partial charge in [0, 0.05) is 7.11 Å². The molecule has 1 aliphatic rings. The Kier molecular flexibility index (Phi) is 1.94. The molecule has 0 heterocycles. The van der Waals surface area contributed by atoms with Crippen molar-refractivity contribution in [2.45, 2.75) is 19.3 Å². The van der Waals surface area contributed by atoms with Crippen LogP contribution in [0, 0.1) is 5.41 Å². The van der Waals surface area contributed by atoms with E-state index in [0.29, 0.717) is 6.61 Å². The van der Waals surface area contributed by atoms with E-state index in [4.69, 9.17) is 9.84 Å². The van der Waals surface area contributed by atoms with Gasteiger partial charge in [0.1, 0.15) is 0 Å². The molecule has 0 atom stereocenters. The van der Waals surface area contributed by atoms with Gasteiger partial charge in [-0.25, -0.2) is 0 Å². The molecule has 0 bridgehead atoms. The number of hydrogen-bond donors (Lipinski definition) is 1. The summed E-state index contributed by atoms with van der Waals surface area (Å²) in [6.07, 6.45) is 2.57. The van der Waals surface area contributed by atoms with Crippen molar-refractivity contribution in [3.05, 3.63) is 0 Å². The predicted molar refractivity (Wildman–Crippen MR) is 35.8 cm³/mol. The molecule has 1 aliphatic carbocycles. The second-order valence-electron chi connectivity index (χ2n) is 2.87. The number of carbonyl (C=O) groups is 1. The lowest BCUT2D eigenvalue weighted by Crippen LogP contribution is -2.41. The van der Waals surface area contributed by atoms with Gasteiger partial charge in [-0.1, -0.05) is 6.42 Å². The monoisotopic (exact) mass is 144 g/mol. The zero-order chi connectivity index (χ0) is 7.61. The van der Waals surface area contributed by atoms with Crippen molar-refractivity contribution in [2.24, 2.45) is 5.41 Å². The van der Waals surface area contributed by atoms with E-state index in [1.54, 1.807) is 7.11 Å². The van der Waals surface area contributed by atoms with Crippen LogP contribution in [0.5, 0.6) is 0 Å². The first-order valence-corrected chi connectivity index (χ1v) is 3.44. The summed E-state index contributed by atoms with van der Waals surface area (Å²) in [5, 5.41) is 8.73. The zero-order valence-electron chi connectivity index (χ0n) is 6.09. The van der Waals surface area contributed by atoms with E-state index in [2.05, 4.69) is 0 Å². The molecule has 0 radical (unpaired) electrons. The van der Waals surface area contributed by atoms with E-state index in [0.717, 1.165) is 19.3 Å². The van der Waals surface area contributed by atoms with E-state index in [-0.39, 0.29) is 0 Å². The standard InChI is InChI=1S/C7H12O3/c1-10-5-7(6(8)9)3-2-4-7/h2-5H2,1H3,(H,8,9). The fourth-order valence-corrected chi connectivity index (χ4v) is 1.30. The Balaban J connectivity index is 2.50. The van der Waals surface area contributed by atoms with E-state index < -0.39 is 11.4 Å². The van der Waals surface area contributed by atoms with Crippen molar-refractivity contribution in [1.82, 2.24) is 0 Å². The molecule has 0 saturated heterocycles. The molecular formula is C7H12O3. The Hall–Kier alpha value is -0.570. The predicted octanol–water partition coefficient (Wildman–Crippen LogP) is 0.888. The average Bonchev–Trinajstić information content (AvgIpc) is 1.77. The molecule has 0 spiro atoms. The van der Waals surface area contributed by atoms with Gasteiger partial charge in [0.05, 0.1) is 12.0 Å². The van der Waals surface area contributed by atoms with E-state index in [1.165, 1.54) is 0 Å². The third kappa shape index (κ3) is 1.01. The van der Waals surface area contributed by atoms with Crippen molar-refractivity contribution < 1.29 is 14.6 Å². The molecule has 1 saturated carbocycles. The highest BCUT2D eigenvalue weighted by atomic mass is 16.5. The summed E-state index contributed by atoms with van der Waals surface area (Å²) >= 11 is 0. The van der Waals surface area contributed by atoms with Crippen LogP contribution in [-0.2, 0) is 9.53 Å². The first-order chi connectivity index (χ1) is 4.71. The van der Waals surface area contributed by atoms with Gasteiger partial charge < -0.3 is 9.84 Å². The molecule has 0 aromatic carbocycles. The topological polar surface area (TPSA) is 46.5 Å². The van der Waals surface area contributed by atoms with Gasteiger partial charge in [-0.05, 0) is 12.8 Å². The van der Waals surface area contributed by atoms with Crippen molar-refractivity contribution in [3.63, 3.8) is 0 Å². The zero-order valence-corrected chi connectivity index (χ0v) is 6.09. The van der Waals surface area contributed by atoms with Gasteiger partial charge >= 0.3 is 5.97 Å². The molecule has 1 fully saturated rings. The lowest BCUT2D eigenvalue weighted by atomic mass is 9.69. The number of methoxy groups -OCH3 is 1. The second kappa shape index (κ2) is 2.58. The van der Waals surface area contributed by atoms with Gasteiger partial charge in [0.25, 0.3) is 0 Å². The number of carboxylic acids is 1. The normalized spacial score (nSPS) is 21.7. The average molecular weight is 144 g/mol. The molecule has 3 heteroatoms. The summed E-state index contributed by atoms with van der Waals surface area (Å²) in [7, 11) is 1.54. The SMILES string of the molecule is COCC1(C(=O)O)CCC1. The maximum atomic E-state index is 10.6. The smallest absolute Gasteiger partial charge is 0.311 e. The molecule has 0 aromatic heterocycles. The van der Waals surface area contributed by atoms with Crippen LogP contribution in [0.15, 0.2) is 0 Å². The Labute approximate surface area is 60.0 Å². The summed E-state index contributed by atoms with van der Waals surface area (Å²) < 4.78 is 4.83. The molecule has 0 aromatic rings. The van der Waals surface area contributed by atoms with Gasteiger partial charge in [-0.2, -0.15) is 0 Å². The fraction of sp³-hybridized carbons (Fsp3) is 0.857. The maximum absolute atomic E-state index is 10.6. The summed E-state index contributed by atoms with van der Waals surface area (Å²) in [5.74, 6) is -0.708. The first kappa shape index (κ1) is 7.54. The molecule has 1 N–H and O–H groups in total. The Morgan fingerprint density at radius 2 is 2.30 bits per heavy atom. The van der Waals surface area contributed by atoms with Crippen molar-refractivity contribution in [2.75, 3.05) is 13.7 Å². The molecule has 0 amide bonds. The Morgan fingerprint density at radius 1 is 1.70 bits per heavy atom. The molecule has 0 aliphatic heterocycles. The molecule has 1 rings (SSSR count). The van der Waals surface area contributed by atoms with E-state index in [9.17, 15) is 4.79 Å². The minimum atomic E-state index is -0.708. The van der Waals surface area contributed by atoms with Gasteiger partial charge in [0.2, 0.25) is 0 Å². The van der Waals surface area contributed by atoms with Gasteiger partial charge in [-0.15, -0.1) is 0 Å². The first-order valence-electron chi connectivity index (χ1n) is 3.44. The number of carboxylic acid groups (broad SMARTS) is 1. The van der Waals surface area contributed by atoms with E-state index >= 15 is 0 Å². The third-order valence-electron chi connectivity index (χ3n) is 2.18. The minimum Gasteiger partial charge on any atom is -0.481 e. The highest BCUT2D eigenvalue weighted by Gasteiger charge is 2.44. The highest BCUT2D eigenvalue weighted by molar-refractivity contribution is 5.75. The van der Waals surface area contributed by atoms with Crippen LogP contribution >= 0.6 is 0 Å². The molecule has 10 heavy (non-hydrogen) atoms. The van der Waals surface area contributed by atoms with Crippen LogP contribution in [-0.4, -0.2) is 24.8 Å². The third-order valence-corrected chi connectivity index (χ3v) is 2.18. The summed E-state index contributed by atoms with van der Waals surface area (Å²) in [6, 6.07) is 0. The number of hydrogen-bond acceptors (Lipinski definition) is 2. The fourth-order valence-electron chi connectivity index (χ4n) is 1.30. The number of ether oxygens (including phenoxy) is 1. The second-order valence-corrected chi connectivity index (χ2v) is 2.87. The summed E-state index contributed by atoms with van der Waals surface area (Å²) in [6.45, 7) is 0.363. The minimum absolute atomic E-state index is 0.363. The largest absolute Gasteiger partial charge is 0.481 e. The molecular weight excluding hydrogens is 132 g/mol. The number of aliphatic carboxylic acids is 1. The van der Waals surface area contributed by atoms with Crippen molar-refractivity contribution >= 4 is 5.97 Å². The van der Waals surface area contributed by atoms with Gasteiger partial charge in [-0.3, -0.25) is 4.79 Å². The van der Waals surface area contributed by atoms with Gasteiger partial charge in [0.15, 0.2) is 0 Å². The number of rotatable bonds is 3. The lowest BCUT2D eigenvalue weighted by molar-refractivity contribution is -0.159. The molecule has 0 unspecified atom stereocenters. The Bertz CT molecular complexity index is 138. The van der Waals surface area contributed by atoms with Crippen molar-refractivity contribution in [1.29, 1.82) is 0 Å². The summed E-state index contributed by atoms with van der Waals surface area (Å²) in [4.78, 5) is 10.6. The lowest BCUT2D eigenvalue weighted by Gasteiger charge is -2.36. The quantitative estimate of drug-likeness (QED) is 0.639. The van der Waals surface area contributed by atoms with E-state index in [1.807, 2.05) is 0 Å². The molecule has 58 valence electrons. The molecule has 3 nitrogen and oxygen atoms in total. The van der Waals surface area contributed by atoms with Crippen LogP contribution in [0.4, 0.5) is 0 Å². The van der Waals surface area contributed by atoms with Crippen LogP contribution in [0.1, 0.15) is 19.3 Å². The van der Waals surface area contributed by atoms with Crippen molar-refractivity contribution in [3.8, 4) is 0 Å². The summed E-state index contributed by atoms with van der Waals surface area (Å²) in [5.41, 5.74) is -0.533. The highest BCUT2D eigenvalue weighted by Crippen LogP contribution is 2.41.